The highest BCUT2D eigenvalue weighted by Gasteiger charge is 2.12. The minimum atomic E-state index is 0.547. The van der Waals surface area contributed by atoms with E-state index in [1.54, 1.807) is 7.11 Å². The summed E-state index contributed by atoms with van der Waals surface area (Å²) >= 11 is 0. The van der Waals surface area contributed by atoms with Gasteiger partial charge in [0, 0.05) is 25.7 Å². The van der Waals surface area contributed by atoms with Crippen LogP contribution >= 0.6 is 0 Å². The highest BCUT2D eigenvalue weighted by atomic mass is 16.5. The van der Waals surface area contributed by atoms with Crippen molar-refractivity contribution < 1.29 is 4.74 Å². The molecule has 1 aromatic rings. The van der Waals surface area contributed by atoms with Crippen LogP contribution in [0.1, 0.15) is 5.56 Å². The highest BCUT2D eigenvalue weighted by molar-refractivity contribution is 5.29. The zero-order valence-electron chi connectivity index (χ0n) is 9.12. The molecule has 3 heteroatoms. The summed E-state index contributed by atoms with van der Waals surface area (Å²) in [4.78, 5) is 0. The van der Waals surface area contributed by atoms with Gasteiger partial charge in [-0.15, -0.1) is 0 Å². The monoisotopic (exact) mass is 206 g/mol. The summed E-state index contributed by atoms with van der Waals surface area (Å²) in [5.41, 5.74) is 1.33. The van der Waals surface area contributed by atoms with Gasteiger partial charge in [0.1, 0.15) is 5.75 Å². The molecule has 0 radical (unpaired) electrons. The molecule has 1 aliphatic heterocycles. The summed E-state index contributed by atoms with van der Waals surface area (Å²) in [6, 6.07) is 8.83. The molecule has 0 saturated carbocycles. The third-order valence-corrected chi connectivity index (χ3v) is 2.74. The zero-order valence-corrected chi connectivity index (χ0v) is 9.12. The van der Waals surface area contributed by atoms with Crippen LogP contribution in [-0.4, -0.2) is 32.8 Å². The Labute approximate surface area is 90.8 Å². The third kappa shape index (κ3) is 2.94. The molecule has 0 bridgehead atoms. The Hall–Kier alpha value is -1.06. The van der Waals surface area contributed by atoms with Gasteiger partial charge in [0.15, 0.2) is 0 Å². The van der Waals surface area contributed by atoms with E-state index in [1.807, 2.05) is 12.1 Å². The van der Waals surface area contributed by atoms with Crippen molar-refractivity contribution in [3.05, 3.63) is 29.8 Å². The molecule has 82 valence electrons. The maximum absolute atomic E-state index is 5.21. The summed E-state index contributed by atoms with van der Waals surface area (Å²) in [6.45, 7) is 3.19. The summed E-state index contributed by atoms with van der Waals surface area (Å²) in [6.07, 6.45) is 1.06. The third-order valence-electron chi connectivity index (χ3n) is 2.74. The lowest BCUT2D eigenvalue weighted by Gasteiger charge is -2.24. The van der Waals surface area contributed by atoms with Crippen LogP contribution in [0.3, 0.4) is 0 Å². The molecule has 0 aliphatic carbocycles. The molecule has 3 nitrogen and oxygen atoms in total. The van der Waals surface area contributed by atoms with Crippen molar-refractivity contribution >= 4 is 0 Å². The average molecular weight is 206 g/mol. The fraction of sp³-hybridized carbons (Fsp3) is 0.500. The van der Waals surface area contributed by atoms with E-state index in [9.17, 15) is 0 Å². The summed E-state index contributed by atoms with van der Waals surface area (Å²) in [5.74, 6) is 0.941. The van der Waals surface area contributed by atoms with E-state index in [0.717, 1.165) is 31.8 Å². The van der Waals surface area contributed by atoms with E-state index >= 15 is 0 Å². The number of nitrogens with one attached hydrogen (secondary N) is 2. The lowest BCUT2D eigenvalue weighted by molar-refractivity contribution is 0.408. The second kappa shape index (κ2) is 5.14. The first-order valence-corrected chi connectivity index (χ1v) is 5.45. The summed E-state index contributed by atoms with van der Waals surface area (Å²) in [5, 5.41) is 6.89. The molecule has 0 spiro atoms. The van der Waals surface area contributed by atoms with Crippen LogP contribution in [0.4, 0.5) is 0 Å². The van der Waals surface area contributed by atoms with E-state index in [0.29, 0.717) is 6.04 Å². The number of hydrogen-bond acceptors (Lipinski definition) is 3. The van der Waals surface area contributed by atoms with Crippen molar-refractivity contribution in [1.82, 2.24) is 10.6 Å². The SMILES string of the molecule is COc1cccc(C[C@H]2CNCCN2)c1. The summed E-state index contributed by atoms with van der Waals surface area (Å²) < 4.78 is 5.21. The van der Waals surface area contributed by atoms with E-state index < -0.39 is 0 Å². The number of methoxy groups -OCH3 is 1. The van der Waals surface area contributed by atoms with Gasteiger partial charge < -0.3 is 15.4 Å². The van der Waals surface area contributed by atoms with Crippen molar-refractivity contribution in [1.29, 1.82) is 0 Å². The number of ether oxygens (including phenoxy) is 1. The van der Waals surface area contributed by atoms with Crippen LogP contribution in [0.15, 0.2) is 24.3 Å². The molecule has 2 rings (SSSR count). The van der Waals surface area contributed by atoms with E-state index in [4.69, 9.17) is 4.74 Å². The lowest BCUT2D eigenvalue weighted by atomic mass is 10.0. The second-order valence-electron chi connectivity index (χ2n) is 3.91. The molecule has 2 N–H and O–H groups in total. The smallest absolute Gasteiger partial charge is 0.119 e. The van der Waals surface area contributed by atoms with Crippen molar-refractivity contribution in [2.45, 2.75) is 12.5 Å². The van der Waals surface area contributed by atoms with Gasteiger partial charge in [-0.25, -0.2) is 0 Å². The Kier molecular flexibility index (Phi) is 3.59. The topological polar surface area (TPSA) is 33.3 Å². The maximum Gasteiger partial charge on any atom is 0.119 e. The molecule has 1 saturated heterocycles. The molecular formula is C12H18N2O. The number of rotatable bonds is 3. The van der Waals surface area contributed by atoms with E-state index in [-0.39, 0.29) is 0 Å². The number of hydrogen-bond donors (Lipinski definition) is 2. The molecule has 0 unspecified atom stereocenters. The van der Waals surface area contributed by atoms with Gasteiger partial charge >= 0.3 is 0 Å². The van der Waals surface area contributed by atoms with Crippen LogP contribution in [0.5, 0.6) is 5.75 Å². The van der Waals surface area contributed by atoms with Gasteiger partial charge in [-0.3, -0.25) is 0 Å². The van der Waals surface area contributed by atoms with Crippen molar-refractivity contribution in [3.8, 4) is 5.75 Å². The Morgan fingerprint density at radius 2 is 2.33 bits per heavy atom. The first-order chi connectivity index (χ1) is 7.38. The van der Waals surface area contributed by atoms with Gasteiger partial charge in [0.25, 0.3) is 0 Å². The van der Waals surface area contributed by atoms with Crippen molar-refractivity contribution in [2.75, 3.05) is 26.7 Å². The summed E-state index contributed by atoms with van der Waals surface area (Å²) in [7, 11) is 1.71. The normalized spacial score (nSPS) is 21.3. The number of benzene rings is 1. The molecule has 0 amide bonds. The van der Waals surface area contributed by atoms with Crippen LogP contribution in [0, 0.1) is 0 Å². The van der Waals surface area contributed by atoms with Crippen LogP contribution in [-0.2, 0) is 6.42 Å². The predicted molar refractivity (Wildman–Crippen MR) is 61.4 cm³/mol. The first kappa shape index (κ1) is 10.5. The minimum Gasteiger partial charge on any atom is -0.497 e. The predicted octanol–water partition coefficient (Wildman–Crippen LogP) is 0.799. The van der Waals surface area contributed by atoms with E-state index in [2.05, 4.69) is 22.8 Å². The lowest BCUT2D eigenvalue weighted by Crippen LogP contribution is -2.49. The Bertz CT molecular complexity index is 308. The Morgan fingerprint density at radius 3 is 3.07 bits per heavy atom. The first-order valence-electron chi connectivity index (χ1n) is 5.45. The molecular weight excluding hydrogens is 188 g/mol. The van der Waals surface area contributed by atoms with Crippen molar-refractivity contribution in [2.24, 2.45) is 0 Å². The van der Waals surface area contributed by atoms with E-state index in [1.165, 1.54) is 5.56 Å². The molecule has 15 heavy (non-hydrogen) atoms. The quantitative estimate of drug-likeness (QED) is 0.767. The molecule has 0 aromatic heterocycles. The Balaban J connectivity index is 1.96. The van der Waals surface area contributed by atoms with Crippen molar-refractivity contribution in [3.63, 3.8) is 0 Å². The van der Waals surface area contributed by atoms with Gasteiger partial charge in [-0.05, 0) is 24.1 Å². The van der Waals surface area contributed by atoms with Gasteiger partial charge in [0.05, 0.1) is 7.11 Å². The highest BCUT2D eigenvalue weighted by Crippen LogP contribution is 2.14. The molecule has 1 atom stereocenters. The van der Waals surface area contributed by atoms with Crippen LogP contribution in [0.25, 0.3) is 0 Å². The zero-order chi connectivity index (χ0) is 10.5. The fourth-order valence-corrected chi connectivity index (χ4v) is 1.94. The fourth-order valence-electron chi connectivity index (χ4n) is 1.94. The van der Waals surface area contributed by atoms with Gasteiger partial charge in [-0.1, -0.05) is 12.1 Å². The largest absolute Gasteiger partial charge is 0.497 e. The van der Waals surface area contributed by atoms with Gasteiger partial charge in [-0.2, -0.15) is 0 Å². The molecule has 1 heterocycles. The standard InChI is InChI=1S/C12H18N2O/c1-15-12-4-2-3-10(8-12)7-11-9-13-5-6-14-11/h2-4,8,11,13-14H,5-7,9H2,1H3/t11-/m0/s1. The van der Waals surface area contributed by atoms with Crippen LogP contribution in [0.2, 0.25) is 0 Å². The molecule has 1 aromatic carbocycles. The van der Waals surface area contributed by atoms with Crippen LogP contribution < -0.4 is 15.4 Å². The minimum absolute atomic E-state index is 0.547. The second-order valence-corrected chi connectivity index (χ2v) is 3.91. The number of piperazine rings is 1. The Morgan fingerprint density at radius 1 is 1.40 bits per heavy atom. The average Bonchev–Trinajstić information content (AvgIpc) is 2.31. The molecule has 1 fully saturated rings. The maximum atomic E-state index is 5.21. The van der Waals surface area contributed by atoms with Gasteiger partial charge in [0.2, 0.25) is 0 Å². The molecule has 1 aliphatic rings.